The number of ether oxygens (including phenoxy) is 2. The largest absolute Gasteiger partial charge is 0.469 e. The SMILES string of the molecule is COC(=O)c1ccc(CC(C)(C)C(=O)OC)cc1F. The Morgan fingerprint density at radius 1 is 1.21 bits per heavy atom. The van der Waals surface area contributed by atoms with Gasteiger partial charge in [0.15, 0.2) is 0 Å². The smallest absolute Gasteiger partial charge is 0.340 e. The lowest BCUT2D eigenvalue weighted by Gasteiger charge is -2.21. The van der Waals surface area contributed by atoms with Crippen molar-refractivity contribution in [2.75, 3.05) is 14.2 Å². The van der Waals surface area contributed by atoms with Crippen LogP contribution in [0.2, 0.25) is 0 Å². The molecule has 0 aliphatic carbocycles. The third-order valence-corrected chi connectivity index (χ3v) is 2.82. The molecule has 1 rings (SSSR count). The minimum atomic E-state index is -0.756. The van der Waals surface area contributed by atoms with Crippen molar-refractivity contribution in [2.45, 2.75) is 20.3 Å². The quantitative estimate of drug-likeness (QED) is 0.787. The molecule has 0 radical (unpaired) electrons. The summed E-state index contributed by atoms with van der Waals surface area (Å²) in [6, 6.07) is 4.18. The zero-order chi connectivity index (χ0) is 14.6. The summed E-state index contributed by atoms with van der Waals surface area (Å²) in [4.78, 5) is 22.8. The van der Waals surface area contributed by atoms with Crippen molar-refractivity contribution in [3.05, 3.63) is 35.1 Å². The Bertz CT molecular complexity index is 494. The Balaban J connectivity index is 2.96. The van der Waals surface area contributed by atoms with Crippen molar-refractivity contribution in [2.24, 2.45) is 5.41 Å². The van der Waals surface area contributed by atoms with Gasteiger partial charge in [0.1, 0.15) is 5.82 Å². The Hall–Kier alpha value is -1.91. The van der Waals surface area contributed by atoms with Gasteiger partial charge in [-0.25, -0.2) is 9.18 Å². The average Bonchev–Trinajstić information content (AvgIpc) is 2.36. The van der Waals surface area contributed by atoms with Crippen molar-refractivity contribution in [1.82, 2.24) is 0 Å². The predicted octanol–water partition coefficient (Wildman–Crippen LogP) is 2.35. The van der Waals surface area contributed by atoms with Gasteiger partial charge in [0.25, 0.3) is 0 Å². The topological polar surface area (TPSA) is 52.6 Å². The molecule has 0 bridgehead atoms. The Morgan fingerprint density at radius 3 is 2.32 bits per heavy atom. The highest BCUT2D eigenvalue weighted by Gasteiger charge is 2.29. The summed E-state index contributed by atoms with van der Waals surface area (Å²) < 4.78 is 22.9. The van der Waals surface area contributed by atoms with Crippen molar-refractivity contribution in [1.29, 1.82) is 0 Å². The molecule has 0 amide bonds. The third kappa shape index (κ3) is 3.53. The molecule has 19 heavy (non-hydrogen) atoms. The Kier molecular flexibility index (Phi) is 4.64. The van der Waals surface area contributed by atoms with Crippen LogP contribution in [0.1, 0.15) is 29.8 Å². The first-order chi connectivity index (χ1) is 8.81. The lowest BCUT2D eigenvalue weighted by atomic mass is 9.85. The molecule has 104 valence electrons. The summed E-state index contributed by atoms with van der Waals surface area (Å²) in [5.41, 5.74) is -0.267. The molecular weight excluding hydrogens is 251 g/mol. The summed E-state index contributed by atoms with van der Waals surface area (Å²) in [5, 5.41) is 0. The van der Waals surface area contributed by atoms with Gasteiger partial charge in [0.05, 0.1) is 25.2 Å². The van der Waals surface area contributed by atoms with Gasteiger partial charge in [-0.2, -0.15) is 0 Å². The number of rotatable bonds is 4. The molecule has 0 aromatic heterocycles. The van der Waals surface area contributed by atoms with Gasteiger partial charge in [-0.15, -0.1) is 0 Å². The number of esters is 2. The normalized spacial score (nSPS) is 11.0. The molecule has 0 spiro atoms. The molecule has 0 aliphatic heterocycles. The Labute approximate surface area is 111 Å². The van der Waals surface area contributed by atoms with Crippen LogP contribution in [-0.4, -0.2) is 26.2 Å². The highest BCUT2D eigenvalue weighted by Crippen LogP contribution is 2.24. The Morgan fingerprint density at radius 2 is 1.84 bits per heavy atom. The number of carbonyl (C=O) groups excluding carboxylic acids is 2. The summed E-state index contributed by atoms with van der Waals surface area (Å²) in [6.07, 6.45) is 0.318. The van der Waals surface area contributed by atoms with Gasteiger partial charge in [-0.05, 0) is 38.0 Å². The number of hydrogen-bond acceptors (Lipinski definition) is 4. The van der Waals surface area contributed by atoms with E-state index in [-0.39, 0.29) is 11.5 Å². The molecule has 0 N–H and O–H groups in total. The molecule has 0 saturated heterocycles. The van der Waals surface area contributed by atoms with Crippen molar-refractivity contribution in [3.8, 4) is 0 Å². The maximum Gasteiger partial charge on any atom is 0.340 e. The number of benzene rings is 1. The molecule has 5 heteroatoms. The molecule has 0 heterocycles. The minimum Gasteiger partial charge on any atom is -0.469 e. The molecule has 0 unspecified atom stereocenters. The first-order valence-electron chi connectivity index (χ1n) is 5.77. The van der Waals surface area contributed by atoms with E-state index in [1.54, 1.807) is 19.9 Å². The zero-order valence-electron chi connectivity index (χ0n) is 11.5. The number of halogens is 1. The van der Waals surface area contributed by atoms with Gasteiger partial charge in [0.2, 0.25) is 0 Å². The highest BCUT2D eigenvalue weighted by atomic mass is 19.1. The van der Waals surface area contributed by atoms with Gasteiger partial charge in [-0.1, -0.05) is 6.07 Å². The standard InChI is InChI=1S/C14H17FO4/c1-14(2,13(17)19-4)8-9-5-6-10(11(15)7-9)12(16)18-3/h5-7H,8H2,1-4H3. The minimum absolute atomic E-state index is 0.123. The molecule has 1 aromatic rings. The summed E-state index contributed by atoms with van der Waals surface area (Å²) in [6.45, 7) is 3.43. The van der Waals surface area contributed by atoms with Crippen molar-refractivity contribution in [3.63, 3.8) is 0 Å². The first-order valence-corrected chi connectivity index (χ1v) is 5.77. The van der Waals surface area contributed by atoms with E-state index in [2.05, 4.69) is 4.74 Å². The fourth-order valence-electron chi connectivity index (χ4n) is 1.80. The molecule has 4 nitrogen and oxygen atoms in total. The summed E-state index contributed by atoms with van der Waals surface area (Å²) in [7, 11) is 2.50. The number of hydrogen-bond donors (Lipinski definition) is 0. The van der Waals surface area contributed by atoms with Crippen LogP contribution < -0.4 is 0 Å². The van der Waals surface area contributed by atoms with E-state index in [1.165, 1.54) is 26.4 Å². The monoisotopic (exact) mass is 268 g/mol. The van der Waals surface area contributed by atoms with Crippen LogP contribution in [0.15, 0.2) is 18.2 Å². The fraction of sp³-hybridized carbons (Fsp3) is 0.429. The van der Waals surface area contributed by atoms with Crippen LogP contribution in [-0.2, 0) is 20.7 Å². The first kappa shape index (κ1) is 15.1. The molecule has 0 atom stereocenters. The van der Waals surface area contributed by atoms with Crippen LogP contribution in [0, 0.1) is 11.2 Å². The second-order valence-corrected chi connectivity index (χ2v) is 4.86. The summed E-state index contributed by atoms with van der Waals surface area (Å²) in [5.74, 6) is -1.76. The van der Waals surface area contributed by atoms with Crippen LogP contribution >= 0.6 is 0 Å². The zero-order valence-corrected chi connectivity index (χ0v) is 11.5. The second kappa shape index (κ2) is 5.82. The van der Waals surface area contributed by atoms with E-state index in [4.69, 9.17) is 4.74 Å². The van der Waals surface area contributed by atoms with E-state index >= 15 is 0 Å². The van der Waals surface area contributed by atoms with Gasteiger partial charge in [-0.3, -0.25) is 4.79 Å². The van der Waals surface area contributed by atoms with Crippen LogP contribution in [0.5, 0.6) is 0 Å². The molecular formula is C14H17FO4. The van der Waals surface area contributed by atoms with Crippen LogP contribution in [0.3, 0.4) is 0 Å². The summed E-state index contributed by atoms with van der Waals surface area (Å²) >= 11 is 0. The molecule has 0 aliphatic rings. The van der Waals surface area contributed by atoms with E-state index in [1.807, 2.05) is 0 Å². The highest BCUT2D eigenvalue weighted by molar-refractivity contribution is 5.89. The lowest BCUT2D eigenvalue weighted by molar-refractivity contribution is -0.150. The number of methoxy groups -OCH3 is 2. The third-order valence-electron chi connectivity index (χ3n) is 2.82. The van der Waals surface area contributed by atoms with Gasteiger partial charge >= 0.3 is 11.9 Å². The molecule has 1 aromatic carbocycles. The lowest BCUT2D eigenvalue weighted by Crippen LogP contribution is -2.28. The number of carbonyl (C=O) groups is 2. The van der Waals surface area contributed by atoms with Crippen LogP contribution in [0.25, 0.3) is 0 Å². The average molecular weight is 268 g/mol. The van der Waals surface area contributed by atoms with Gasteiger partial charge in [0, 0.05) is 0 Å². The fourth-order valence-corrected chi connectivity index (χ4v) is 1.80. The van der Waals surface area contributed by atoms with E-state index in [0.29, 0.717) is 12.0 Å². The maximum atomic E-state index is 13.7. The van der Waals surface area contributed by atoms with Gasteiger partial charge < -0.3 is 9.47 Å². The molecule has 0 saturated carbocycles. The van der Waals surface area contributed by atoms with Crippen molar-refractivity contribution < 1.29 is 23.5 Å². The van der Waals surface area contributed by atoms with E-state index in [9.17, 15) is 14.0 Å². The van der Waals surface area contributed by atoms with Crippen molar-refractivity contribution >= 4 is 11.9 Å². The second-order valence-electron chi connectivity index (χ2n) is 4.86. The maximum absolute atomic E-state index is 13.7. The van der Waals surface area contributed by atoms with E-state index < -0.39 is 17.2 Å². The predicted molar refractivity (Wildman–Crippen MR) is 67.2 cm³/mol. The van der Waals surface area contributed by atoms with Crippen LogP contribution in [0.4, 0.5) is 4.39 Å². The molecule has 0 fully saturated rings. The van der Waals surface area contributed by atoms with E-state index in [0.717, 1.165) is 0 Å².